The molecule has 3 heterocycles. The highest BCUT2D eigenvalue weighted by Gasteiger charge is 2.22. The van der Waals surface area contributed by atoms with Crippen molar-refractivity contribution in [3.05, 3.63) is 23.2 Å². The Bertz CT molecular complexity index is 578. The molecular formula is C11H14N6OS. The highest BCUT2D eigenvalue weighted by molar-refractivity contribution is 7.13. The summed E-state index contributed by atoms with van der Waals surface area (Å²) in [5.41, 5.74) is 0. The Morgan fingerprint density at radius 3 is 3.26 bits per heavy atom. The number of thiazole rings is 1. The average Bonchev–Trinajstić information content (AvgIpc) is 2.96. The predicted octanol–water partition coefficient (Wildman–Crippen LogP) is 1.18. The second-order valence-electron chi connectivity index (χ2n) is 4.43. The lowest BCUT2D eigenvalue weighted by Gasteiger charge is -2.23. The highest BCUT2D eigenvalue weighted by Crippen LogP contribution is 2.14. The zero-order valence-electron chi connectivity index (χ0n) is 10.5. The predicted molar refractivity (Wildman–Crippen MR) is 71.1 cm³/mol. The SMILES string of the molecule is Cc1nc2n(n1)CC(NC(=O)Nc1nccs1)CC2. The molecule has 0 saturated heterocycles. The molecule has 0 fully saturated rings. The number of hydrogen-bond donors (Lipinski definition) is 2. The number of urea groups is 1. The summed E-state index contributed by atoms with van der Waals surface area (Å²) in [4.78, 5) is 20.1. The molecule has 1 unspecified atom stereocenters. The minimum Gasteiger partial charge on any atom is -0.333 e. The zero-order chi connectivity index (χ0) is 13.2. The topological polar surface area (TPSA) is 84.7 Å². The van der Waals surface area contributed by atoms with Crippen LogP contribution in [0.15, 0.2) is 11.6 Å². The molecule has 0 saturated carbocycles. The molecule has 2 amide bonds. The number of carbonyl (C=O) groups excluding carboxylic acids is 1. The molecule has 2 aromatic heterocycles. The highest BCUT2D eigenvalue weighted by atomic mass is 32.1. The van der Waals surface area contributed by atoms with Gasteiger partial charge in [0.15, 0.2) is 5.13 Å². The normalized spacial score (nSPS) is 17.8. The van der Waals surface area contributed by atoms with Crippen molar-refractivity contribution in [2.24, 2.45) is 0 Å². The molecule has 0 spiro atoms. The summed E-state index contributed by atoms with van der Waals surface area (Å²) in [7, 11) is 0. The smallest absolute Gasteiger partial charge is 0.321 e. The van der Waals surface area contributed by atoms with E-state index in [-0.39, 0.29) is 12.1 Å². The molecule has 0 radical (unpaired) electrons. The molecule has 0 aromatic carbocycles. The van der Waals surface area contributed by atoms with Crippen LogP contribution in [0.3, 0.4) is 0 Å². The van der Waals surface area contributed by atoms with E-state index in [1.165, 1.54) is 11.3 Å². The van der Waals surface area contributed by atoms with Crippen LogP contribution in [0.25, 0.3) is 0 Å². The number of rotatable bonds is 2. The molecule has 0 aliphatic carbocycles. The summed E-state index contributed by atoms with van der Waals surface area (Å²) in [6.45, 7) is 2.55. The van der Waals surface area contributed by atoms with Crippen molar-refractivity contribution < 1.29 is 4.79 Å². The van der Waals surface area contributed by atoms with Gasteiger partial charge in [-0.1, -0.05) is 0 Å². The van der Waals surface area contributed by atoms with Gasteiger partial charge in [0.2, 0.25) is 0 Å². The summed E-state index contributed by atoms with van der Waals surface area (Å²) >= 11 is 1.39. The fourth-order valence-electron chi connectivity index (χ4n) is 2.16. The third kappa shape index (κ3) is 2.73. The molecule has 2 aromatic rings. The first-order valence-electron chi connectivity index (χ1n) is 6.08. The van der Waals surface area contributed by atoms with Crippen LogP contribution in [-0.2, 0) is 13.0 Å². The van der Waals surface area contributed by atoms with Crippen LogP contribution in [0.5, 0.6) is 0 Å². The summed E-state index contributed by atoms with van der Waals surface area (Å²) in [6.07, 6.45) is 3.37. The van der Waals surface area contributed by atoms with E-state index in [2.05, 4.69) is 25.7 Å². The quantitative estimate of drug-likeness (QED) is 0.864. The van der Waals surface area contributed by atoms with Gasteiger partial charge in [-0.25, -0.2) is 19.4 Å². The summed E-state index contributed by atoms with van der Waals surface area (Å²) < 4.78 is 1.87. The maximum absolute atomic E-state index is 11.8. The van der Waals surface area contributed by atoms with Crippen molar-refractivity contribution >= 4 is 22.5 Å². The molecule has 8 heteroatoms. The second kappa shape index (κ2) is 4.96. The van der Waals surface area contributed by atoms with Gasteiger partial charge < -0.3 is 5.32 Å². The van der Waals surface area contributed by atoms with Gasteiger partial charge in [0, 0.05) is 18.0 Å². The van der Waals surface area contributed by atoms with Crippen molar-refractivity contribution in [1.82, 2.24) is 25.1 Å². The summed E-state index contributed by atoms with van der Waals surface area (Å²) in [5, 5.41) is 12.4. The lowest BCUT2D eigenvalue weighted by molar-refractivity contribution is 0.243. The van der Waals surface area contributed by atoms with Crippen molar-refractivity contribution in [2.45, 2.75) is 32.4 Å². The lowest BCUT2D eigenvalue weighted by Crippen LogP contribution is -2.43. The van der Waals surface area contributed by atoms with Crippen LogP contribution in [0.2, 0.25) is 0 Å². The Morgan fingerprint density at radius 1 is 1.58 bits per heavy atom. The molecule has 7 nitrogen and oxygen atoms in total. The molecule has 2 N–H and O–H groups in total. The molecule has 1 aliphatic heterocycles. The van der Waals surface area contributed by atoms with E-state index in [4.69, 9.17) is 0 Å². The van der Waals surface area contributed by atoms with Crippen molar-refractivity contribution in [2.75, 3.05) is 5.32 Å². The summed E-state index contributed by atoms with van der Waals surface area (Å²) in [5.74, 6) is 1.78. The van der Waals surface area contributed by atoms with E-state index in [0.29, 0.717) is 11.7 Å². The second-order valence-corrected chi connectivity index (χ2v) is 5.32. The number of nitrogens with one attached hydrogen (secondary N) is 2. The Hall–Kier alpha value is -1.96. The van der Waals surface area contributed by atoms with Crippen LogP contribution in [0, 0.1) is 6.92 Å². The monoisotopic (exact) mass is 278 g/mol. The van der Waals surface area contributed by atoms with Crippen molar-refractivity contribution in [3.63, 3.8) is 0 Å². The number of amides is 2. The van der Waals surface area contributed by atoms with E-state index in [0.717, 1.165) is 24.5 Å². The van der Waals surface area contributed by atoms with E-state index in [1.807, 2.05) is 17.0 Å². The Labute approximate surface area is 114 Å². The maximum Gasteiger partial charge on any atom is 0.321 e. The van der Waals surface area contributed by atoms with E-state index >= 15 is 0 Å². The van der Waals surface area contributed by atoms with E-state index in [1.54, 1.807) is 6.20 Å². The number of aromatic nitrogens is 4. The Kier molecular flexibility index (Phi) is 3.16. The van der Waals surface area contributed by atoms with Gasteiger partial charge in [-0.15, -0.1) is 11.3 Å². The van der Waals surface area contributed by atoms with Crippen LogP contribution < -0.4 is 10.6 Å². The largest absolute Gasteiger partial charge is 0.333 e. The summed E-state index contributed by atoms with van der Waals surface area (Å²) in [6, 6.07) is -0.145. The van der Waals surface area contributed by atoms with Gasteiger partial charge in [-0.05, 0) is 13.3 Å². The average molecular weight is 278 g/mol. The number of nitrogens with zero attached hydrogens (tertiary/aromatic N) is 4. The van der Waals surface area contributed by atoms with Gasteiger partial charge in [-0.3, -0.25) is 5.32 Å². The Balaban J connectivity index is 1.58. The first-order valence-corrected chi connectivity index (χ1v) is 6.96. The van der Waals surface area contributed by atoms with Gasteiger partial charge in [0.25, 0.3) is 0 Å². The zero-order valence-corrected chi connectivity index (χ0v) is 11.3. The number of carbonyl (C=O) groups is 1. The first-order chi connectivity index (χ1) is 9.20. The van der Waals surface area contributed by atoms with Crippen LogP contribution >= 0.6 is 11.3 Å². The number of fused-ring (bicyclic) bond motifs is 1. The number of hydrogen-bond acceptors (Lipinski definition) is 5. The first kappa shape index (κ1) is 12.1. The molecular weight excluding hydrogens is 264 g/mol. The molecule has 100 valence electrons. The number of anilines is 1. The van der Waals surface area contributed by atoms with Crippen molar-refractivity contribution in [1.29, 1.82) is 0 Å². The van der Waals surface area contributed by atoms with Gasteiger partial charge in [0.1, 0.15) is 11.6 Å². The minimum atomic E-state index is -0.222. The van der Waals surface area contributed by atoms with Crippen LogP contribution in [-0.4, -0.2) is 31.8 Å². The molecule has 19 heavy (non-hydrogen) atoms. The fraction of sp³-hybridized carbons (Fsp3) is 0.455. The van der Waals surface area contributed by atoms with E-state index < -0.39 is 0 Å². The lowest BCUT2D eigenvalue weighted by atomic mass is 10.1. The molecule has 1 aliphatic rings. The third-order valence-corrected chi connectivity index (χ3v) is 3.64. The van der Waals surface area contributed by atoms with Crippen LogP contribution in [0.1, 0.15) is 18.1 Å². The standard InChI is InChI=1S/C11H14N6OS/c1-7-13-9-3-2-8(6-17(9)16-7)14-10(18)15-11-12-4-5-19-11/h4-5,8H,2-3,6H2,1H3,(H2,12,14,15,18). The third-order valence-electron chi connectivity index (χ3n) is 2.95. The van der Waals surface area contributed by atoms with Gasteiger partial charge in [-0.2, -0.15) is 5.10 Å². The van der Waals surface area contributed by atoms with Gasteiger partial charge >= 0.3 is 6.03 Å². The molecule has 0 bridgehead atoms. The van der Waals surface area contributed by atoms with Crippen LogP contribution in [0.4, 0.5) is 9.93 Å². The number of aryl methyl sites for hydroxylation is 2. The maximum atomic E-state index is 11.8. The molecule has 3 rings (SSSR count). The molecule has 1 atom stereocenters. The van der Waals surface area contributed by atoms with E-state index in [9.17, 15) is 4.79 Å². The minimum absolute atomic E-state index is 0.0774. The van der Waals surface area contributed by atoms with Gasteiger partial charge in [0.05, 0.1) is 12.6 Å². The van der Waals surface area contributed by atoms with Crippen molar-refractivity contribution in [3.8, 4) is 0 Å². The Morgan fingerprint density at radius 2 is 2.47 bits per heavy atom. The fourth-order valence-corrected chi connectivity index (χ4v) is 2.68.